The number of benzene rings is 1. The third-order valence-electron chi connectivity index (χ3n) is 3.38. The van der Waals surface area contributed by atoms with Crippen molar-refractivity contribution in [3.8, 4) is 17.5 Å². The summed E-state index contributed by atoms with van der Waals surface area (Å²) in [4.78, 5) is 31.2. The van der Waals surface area contributed by atoms with E-state index in [0.717, 1.165) is 10.1 Å². The molecule has 0 saturated heterocycles. The second kappa shape index (κ2) is 4.45. The summed E-state index contributed by atoms with van der Waals surface area (Å²) < 4.78 is 2.35. The van der Waals surface area contributed by atoms with Crippen LogP contribution in [-0.2, 0) is 14.1 Å². The van der Waals surface area contributed by atoms with Gasteiger partial charge in [0.1, 0.15) is 11.3 Å². The van der Waals surface area contributed by atoms with Gasteiger partial charge >= 0.3 is 5.69 Å². The molecule has 21 heavy (non-hydrogen) atoms. The predicted molar refractivity (Wildman–Crippen MR) is 76.7 cm³/mol. The van der Waals surface area contributed by atoms with Crippen LogP contribution in [0.2, 0.25) is 0 Å². The zero-order valence-corrected chi connectivity index (χ0v) is 11.4. The van der Waals surface area contributed by atoms with Gasteiger partial charge in [0.25, 0.3) is 5.56 Å². The molecule has 0 aliphatic heterocycles. The molecule has 3 aromatic rings. The third kappa shape index (κ3) is 1.85. The van der Waals surface area contributed by atoms with Crippen LogP contribution in [0.1, 0.15) is 5.56 Å². The zero-order chi connectivity index (χ0) is 15.1. The molecular weight excluding hydrogens is 270 g/mol. The van der Waals surface area contributed by atoms with Crippen molar-refractivity contribution in [1.82, 2.24) is 19.1 Å². The van der Waals surface area contributed by atoms with E-state index >= 15 is 0 Å². The lowest BCUT2D eigenvalue weighted by Gasteiger charge is -2.00. The van der Waals surface area contributed by atoms with Crippen LogP contribution < -0.4 is 11.2 Å². The van der Waals surface area contributed by atoms with Crippen LogP contribution in [0.15, 0.2) is 33.9 Å². The molecule has 1 aromatic carbocycles. The van der Waals surface area contributed by atoms with Gasteiger partial charge in [-0.15, -0.1) is 0 Å². The number of rotatable bonds is 1. The molecule has 0 saturated carbocycles. The molecule has 0 atom stereocenters. The Morgan fingerprint density at radius 2 is 1.81 bits per heavy atom. The highest BCUT2D eigenvalue weighted by Crippen LogP contribution is 2.18. The fraction of sp³-hybridized carbons (Fsp3) is 0.143. The Bertz CT molecular complexity index is 999. The molecule has 3 rings (SSSR count). The number of nitrogens with one attached hydrogen (secondary N) is 1. The van der Waals surface area contributed by atoms with Crippen LogP contribution in [0.25, 0.3) is 22.6 Å². The van der Waals surface area contributed by atoms with Crippen LogP contribution in [-0.4, -0.2) is 19.1 Å². The number of imidazole rings is 1. The van der Waals surface area contributed by atoms with Crippen LogP contribution in [0.3, 0.4) is 0 Å². The van der Waals surface area contributed by atoms with E-state index < -0.39 is 11.2 Å². The zero-order valence-electron chi connectivity index (χ0n) is 11.4. The smallest absolute Gasteiger partial charge is 0.332 e. The Kier molecular flexibility index (Phi) is 2.73. The number of hydrogen-bond donors (Lipinski definition) is 1. The van der Waals surface area contributed by atoms with E-state index in [1.807, 2.05) is 6.07 Å². The fourth-order valence-electron chi connectivity index (χ4n) is 2.17. The van der Waals surface area contributed by atoms with Crippen molar-refractivity contribution >= 4 is 11.2 Å². The minimum atomic E-state index is -0.426. The van der Waals surface area contributed by atoms with E-state index in [1.165, 1.54) is 11.6 Å². The molecule has 0 unspecified atom stereocenters. The summed E-state index contributed by atoms with van der Waals surface area (Å²) in [5.74, 6) is 0.479. The Hall–Kier alpha value is -3.14. The third-order valence-corrected chi connectivity index (χ3v) is 3.38. The molecule has 2 heterocycles. The van der Waals surface area contributed by atoms with Gasteiger partial charge in [-0.1, -0.05) is 0 Å². The summed E-state index contributed by atoms with van der Waals surface area (Å²) in [6.45, 7) is 0. The number of nitrogens with zero attached hydrogens (tertiary/aromatic N) is 4. The Morgan fingerprint density at radius 1 is 1.14 bits per heavy atom. The first-order chi connectivity index (χ1) is 10.0. The van der Waals surface area contributed by atoms with E-state index in [-0.39, 0.29) is 5.52 Å². The van der Waals surface area contributed by atoms with Crippen LogP contribution in [0, 0.1) is 11.3 Å². The van der Waals surface area contributed by atoms with Crippen molar-refractivity contribution in [3.05, 3.63) is 50.7 Å². The van der Waals surface area contributed by atoms with Gasteiger partial charge in [0.05, 0.1) is 11.6 Å². The summed E-state index contributed by atoms with van der Waals surface area (Å²) in [5.41, 5.74) is 1.02. The molecule has 104 valence electrons. The largest absolute Gasteiger partial charge is 0.332 e. The van der Waals surface area contributed by atoms with Gasteiger partial charge in [-0.25, -0.2) is 9.78 Å². The summed E-state index contributed by atoms with van der Waals surface area (Å²) in [5, 5.41) is 8.79. The standard InChI is InChI=1S/C14H11N5O2/c1-18-12-10(13(20)19(2)14(18)21)16-11(17-12)9-5-3-8(7-15)4-6-9/h3-6H,1-2H3,(H,16,17). The summed E-state index contributed by atoms with van der Waals surface area (Å²) in [6, 6.07) is 8.84. The van der Waals surface area contributed by atoms with Crippen molar-refractivity contribution in [3.63, 3.8) is 0 Å². The molecule has 0 radical (unpaired) electrons. The first-order valence-corrected chi connectivity index (χ1v) is 6.19. The molecule has 7 heteroatoms. The van der Waals surface area contributed by atoms with Gasteiger partial charge in [-0.05, 0) is 24.3 Å². The molecular formula is C14H11N5O2. The second-order valence-electron chi connectivity index (χ2n) is 4.68. The van der Waals surface area contributed by atoms with E-state index in [9.17, 15) is 9.59 Å². The molecule has 1 N–H and O–H groups in total. The topological polar surface area (TPSA) is 96.5 Å². The van der Waals surface area contributed by atoms with Gasteiger partial charge in [-0.2, -0.15) is 5.26 Å². The highest BCUT2D eigenvalue weighted by molar-refractivity contribution is 5.75. The maximum atomic E-state index is 12.1. The van der Waals surface area contributed by atoms with E-state index in [1.54, 1.807) is 31.3 Å². The molecule has 0 aliphatic rings. The molecule has 0 amide bonds. The molecule has 0 fully saturated rings. The molecule has 0 bridgehead atoms. The lowest BCUT2D eigenvalue weighted by Crippen LogP contribution is -2.36. The lowest BCUT2D eigenvalue weighted by atomic mass is 10.1. The van der Waals surface area contributed by atoms with Gasteiger partial charge in [0.2, 0.25) is 0 Å². The summed E-state index contributed by atoms with van der Waals surface area (Å²) >= 11 is 0. The summed E-state index contributed by atoms with van der Waals surface area (Å²) in [6.07, 6.45) is 0. The minimum absolute atomic E-state index is 0.277. The Morgan fingerprint density at radius 3 is 2.43 bits per heavy atom. The highest BCUT2D eigenvalue weighted by Gasteiger charge is 2.14. The number of fused-ring (bicyclic) bond motifs is 1. The van der Waals surface area contributed by atoms with Crippen molar-refractivity contribution in [2.75, 3.05) is 0 Å². The number of aromatic nitrogens is 4. The van der Waals surface area contributed by atoms with Crippen molar-refractivity contribution in [1.29, 1.82) is 5.26 Å². The van der Waals surface area contributed by atoms with E-state index in [0.29, 0.717) is 17.0 Å². The maximum absolute atomic E-state index is 12.1. The number of H-pyrrole nitrogens is 1. The van der Waals surface area contributed by atoms with Gasteiger partial charge < -0.3 is 4.98 Å². The van der Waals surface area contributed by atoms with Crippen molar-refractivity contribution in [2.45, 2.75) is 0 Å². The summed E-state index contributed by atoms with van der Waals surface area (Å²) in [7, 11) is 2.99. The fourth-order valence-corrected chi connectivity index (χ4v) is 2.17. The molecule has 0 spiro atoms. The highest BCUT2D eigenvalue weighted by atomic mass is 16.2. The lowest BCUT2D eigenvalue weighted by molar-refractivity contribution is 0.709. The van der Waals surface area contributed by atoms with Crippen LogP contribution in [0.4, 0.5) is 0 Å². The van der Waals surface area contributed by atoms with Gasteiger partial charge in [0.15, 0.2) is 5.65 Å². The van der Waals surface area contributed by atoms with Crippen LogP contribution >= 0.6 is 0 Å². The van der Waals surface area contributed by atoms with E-state index in [4.69, 9.17) is 5.26 Å². The monoisotopic (exact) mass is 281 g/mol. The number of aromatic amines is 1. The average molecular weight is 281 g/mol. The molecule has 7 nitrogen and oxygen atoms in total. The maximum Gasteiger partial charge on any atom is 0.332 e. The van der Waals surface area contributed by atoms with Gasteiger partial charge in [0, 0.05) is 19.7 Å². The first kappa shape index (κ1) is 12.9. The number of nitriles is 1. The van der Waals surface area contributed by atoms with Crippen molar-refractivity contribution < 1.29 is 0 Å². The Labute approximate surface area is 118 Å². The first-order valence-electron chi connectivity index (χ1n) is 6.19. The average Bonchev–Trinajstić information content (AvgIpc) is 2.96. The number of aryl methyl sites for hydroxylation is 1. The van der Waals surface area contributed by atoms with E-state index in [2.05, 4.69) is 9.97 Å². The predicted octanol–water partition coefficient (Wildman–Crippen LogP) is 0.499. The number of hydrogen-bond acceptors (Lipinski definition) is 4. The second-order valence-corrected chi connectivity index (χ2v) is 4.68. The SMILES string of the molecule is Cn1c(=O)c2[nH]c(-c3ccc(C#N)cc3)nc2n(C)c1=O. The van der Waals surface area contributed by atoms with Crippen LogP contribution in [0.5, 0.6) is 0 Å². The normalized spacial score (nSPS) is 10.7. The van der Waals surface area contributed by atoms with Crippen molar-refractivity contribution in [2.24, 2.45) is 14.1 Å². The minimum Gasteiger partial charge on any atom is -0.332 e. The Balaban J connectivity index is 2.29. The molecule has 2 aromatic heterocycles. The van der Waals surface area contributed by atoms with Gasteiger partial charge in [-0.3, -0.25) is 13.9 Å². The molecule has 0 aliphatic carbocycles. The quantitative estimate of drug-likeness (QED) is 0.702.